The van der Waals surface area contributed by atoms with Crippen molar-refractivity contribution in [1.29, 1.82) is 0 Å². The number of fused-ring (bicyclic) bond motifs is 1. The summed E-state index contributed by atoms with van der Waals surface area (Å²) in [6.45, 7) is 11.3. The third-order valence-electron chi connectivity index (χ3n) is 3.59. The van der Waals surface area contributed by atoms with E-state index in [-0.39, 0.29) is 11.3 Å². The SMILES string of the molecule is CCNC(=O)c1cc(C(C)(C)C)cc2c1CC(C)=C2. The molecule has 0 fully saturated rings. The smallest absolute Gasteiger partial charge is 0.251 e. The van der Waals surface area contributed by atoms with E-state index in [2.05, 4.69) is 51.2 Å². The lowest BCUT2D eigenvalue weighted by molar-refractivity contribution is 0.0955. The highest BCUT2D eigenvalue weighted by Gasteiger charge is 2.23. The number of benzene rings is 1. The Kier molecular flexibility index (Phi) is 3.53. The Morgan fingerprint density at radius 3 is 2.58 bits per heavy atom. The molecule has 0 aliphatic heterocycles. The molecule has 0 saturated carbocycles. The maximum absolute atomic E-state index is 12.3. The lowest BCUT2D eigenvalue weighted by atomic mass is 9.83. The van der Waals surface area contributed by atoms with Crippen LogP contribution in [0, 0.1) is 0 Å². The highest BCUT2D eigenvalue weighted by Crippen LogP contribution is 2.33. The number of carbonyl (C=O) groups excluding carboxylic acids is 1. The van der Waals surface area contributed by atoms with Crippen LogP contribution in [0.5, 0.6) is 0 Å². The van der Waals surface area contributed by atoms with Gasteiger partial charge in [-0.3, -0.25) is 4.79 Å². The van der Waals surface area contributed by atoms with Crippen LogP contribution in [0.25, 0.3) is 6.08 Å². The molecule has 1 aromatic rings. The summed E-state index contributed by atoms with van der Waals surface area (Å²) in [7, 11) is 0. The predicted octanol–water partition coefficient (Wildman–Crippen LogP) is 3.69. The molecule has 1 amide bonds. The average molecular weight is 257 g/mol. The zero-order valence-electron chi connectivity index (χ0n) is 12.6. The molecule has 2 rings (SSSR count). The number of rotatable bonds is 2. The molecule has 0 spiro atoms. The summed E-state index contributed by atoms with van der Waals surface area (Å²) in [5.74, 6) is 0.0490. The summed E-state index contributed by atoms with van der Waals surface area (Å²) in [6, 6.07) is 4.30. The molecular formula is C17H23NO. The van der Waals surface area contributed by atoms with Gasteiger partial charge in [-0.05, 0) is 48.4 Å². The standard InChI is InChI=1S/C17H23NO/c1-6-18-16(19)15-10-13(17(3,4)5)9-12-7-11(2)8-14(12)15/h7,9-10H,6,8H2,1-5H3,(H,18,19). The van der Waals surface area contributed by atoms with E-state index in [0.717, 1.165) is 12.0 Å². The van der Waals surface area contributed by atoms with Gasteiger partial charge >= 0.3 is 0 Å². The quantitative estimate of drug-likeness (QED) is 0.860. The number of amides is 1. The van der Waals surface area contributed by atoms with Crippen LogP contribution in [0.15, 0.2) is 17.7 Å². The van der Waals surface area contributed by atoms with Crippen LogP contribution in [0.2, 0.25) is 0 Å². The van der Waals surface area contributed by atoms with Gasteiger partial charge in [-0.15, -0.1) is 0 Å². The summed E-state index contributed by atoms with van der Waals surface area (Å²) in [5.41, 5.74) is 5.84. The fraction of sp³-hybridized carbons (Fsp3) is 0.471. The number of allylic oxidation sites excluding steroid dienone is 1. The summed E-state index contributed by atoms with van der Waals surface area (Å²) < 4.78 is 0. The molecule has 0 aromatic heterocycles. The second-order valence-corrected chi connectivity index (χ2v) is 6.37. The van der Waals surface area contributed by atoms with Crippen molar-refractivity contribution >= 4 is 12.0 Å². The van der Waals surface area contributed by atoms with E-state index in [1.165, 1.54) is 22.3 Å². The first-order chi connectivity index (χ1) is 8.82. The van der Waals surface area contributed by atoms with Crippen molar-refractivity contribution in [3.05, 3.63) is 40.0 Å². The van der Waals surface area contributed by atoms with E-state index in [1.807, 2.05) is 6.92 Å². The van der Waals surface area contributed by atoms with Crippen molar-refractivity contribution in [2.75, 3.05) is 6.54 Å². The Bertz CT molecular complexity index is 547. The third kappa shape index (κ3) is 2.73. The highest BCUT2D eigenvalue weighted by molar-refractivity contribution is 5.97. The maximum Gasteiger partial charge on any atom is 0.251 e. The van der Waals surface area contributed by atoms with Crippen molar-refractivity contribution in [3.8, 4) is 0 Å². The van der Waals surface area contributed by atoms with Gasteiger partial charge in [0.15, 0.2) is 0 Å². The molecule has 0 bridgehead atoms. The lowest BCUT2D eigenvalue weighted by Gasteiger charge is -2.22. The van der Waals surface area contributed by atoms with E-state index >= 15 is 0 Å². The van der Waals surface area contributed by atoms with Crippen molar-refractivity contribution in [1.82, 2.24) is 5.32 Å². The topological polar surface area (TPSA) is 29.1 Å². The molecular weight excluding hydrogens is 234 g/mol. The Balaban J connectivity index is 2.56. The average Bonchev–Trinajstić information content (AvgIpc) is 2.66. The second-order valence-electron chi connectivity index (χ2n) is 6.37. The van der Waals surface area contributed by atoms with E-state index in [1.54, 1.807) is 0 Å². The van der Waals surface area contributed by atoms with Gasteiger partial charge in [0, 0.05) is 12.1 Å². The molecule has 0 atom stereocenters. The van der Waals surface area contributed by atoms with Gasteiger partial charge < -0.3 is 5.32 Å². The number of carbonyl (C=O) groups is 1. The van der Waals surface area contributed by atoms with E-state index in [4.69, 9.17) is 0 Å². The summed E-state index contributed by atoms with van der Waals surface area (Å²) in [5, 5.41) is 2.92. The molecule has 0 saturated heterocycles. The minimum atomic E-state index is 0.0490. The molecule has 2 heteroatoms. The van der Waals surface area contributed by atoms with Crippen molar-refractivity contribution < 1.29 is 4.79 Å². The van der Waals surface area contributed by atoms with Crippen LogP contribution in [0.4, 0.5) is 0 Å². The largest absolute Gasteiger partial charge is 0.352 e. The summed E-state index contributed by atoms with van der Waals surface area (Å²) >= 11 is 0. The van der Waals surface area contributed by atoms with E-state index < -0.39 is 0 Å². The molecule has 1 aliphatic carbocycles. The van der Waals surface area contributed by atoms with Crippen LogP contribution in [-0.4, -0.2) is 12.5 Å². The first-order valence-electron chi connectivity index (χ1n) is 6.95. The maximum atomic E-state index is 12.3. The predicted molar refractivity (Wildman–Crippen MR) is 80.5 cm³/mol. The monoisotopic (exact) mass is 257 g/mol. The molecule has 19 heavy (non-hydrogen) atoms. The third-order valence-corrected chi connectivity index (χ3v) is 3.59. The fourth-order valence-electron chi connectivity index (χ4n) is 2.51. The zero-order chi connectivity index (χ0) is 14.2. The van der Waals surface area contributed by atoms with Crippen LogP contribution < -0.4 is 5.32 Å². The first-order valence-corrected chi connectivity index (χ1v) is 6.95. The Morgan fingerprint density at radius 1 is 1.32 bits per heavy atom. The van der Waals surface area contributed by atoms with Crippen LogP contribution >= 0.6 is 0 Å². The van der Waals surface area contributed by atoms with Crippen LogP contribution in [-0.2, 0) is 11.8 Å². The Hall–Kier alpha value is -1.57. The lowest BCUT2D eigenvalue weighted by Crippen LogP contribution is -2.25. The van der Waals surface area contributed by atoms with Gasteiger partial charge in [0.2, 0.25) is 0 Å². The van der Waals surface area contributed by atoms with Crippen molar-refractivity contribution in [2.24, 2.45) is 0 Å². The number of hydrogen-bond donors (Lipinski definition) is 1. The summed E-state index contributed by atoms with van der Waals surface area (Å²) in [6.07, 6.45) is 3.10. The van der Waals surface area contributed by atoms with Gasteiger partial charge in [-0.25, -0.2) is 0 Å². The van der Waals surface area contributed by atoms with Gasteiger partial charge in [0.25, 0.3) is 5.91 Å². The van der Waals surface area contributed by atoms with Crippen LogP contribution in [0.3, 0.4) is 0 Å². The zero-order valence-corrected chi connectivity index (χ0v) is 12.6. The molecule has 0 radical (unpaired) electrons. The Labute approximate surface area is 115 Å². The summed E-state index contributed by atoms with van der Waals surface area (Å²) in [4.78, 5) is 12.3. The molecule has 0 heterocycles. The van der Waals surface area contributed by atoms with Crippen LogP contribution in [0.1, 0.15) is 61.7 Å². The first kappa shape index (κ1) is 13.9. The molecule has 1 aromatic carbocycles. The number of hydrogen-bond acceptors (Lipinski definition) is 1. The number of nitrogens with one attached hydrogen (secondary N) is 1. The molecule has 0 unspecified atom stereocenters. The van der Waals surface area contributed by atoms with Gasteiger partial charge in [-0.2, -0.15) is 0 Å². The Morgan fingerprint density at radius 2 is 2.00 bits per heavy atom. The molecule has 1 N–H and O–H groups in total. The molecule has 2 nitrogen and oxygen atoms in total. The second kappa shape index (κ2) is 4.84. The van der Waals surface area contributed by atoms with Gasteiger partial charge in [0.1, 0.15) is 0 Å². The molecule has 1 aliphatic rings. The normalized spacial score (nSPS) is 14.1. The highest BCUT2D eigenvalue weighted by atomic mass is 16.1. The minimum absolute atomic E-state index is 0.0490. The van der Waals surface area contributed by atoms with Crippen molar-refractivity contribution in [3.63, 3.8) is 0 Å². The van der Waals surface area contributed by atoms with E-state index in [9.17, 15) is 4.79 Å². The van der Waals surface area contributed by atoms with Gasteiger partial charge in [0.05, 0.1) is 0 Å². The minimum Gasteiger partial charge on any atom is -0.352 e. The fourth-order valence-corrected chi connectivity index (χ4v) is 2.51. The van der Waals surface area contributed by atoms with E-state index in [0.29, 0.717) is 6.54 Å². The van der Waals surface area contributed by atoms with Crippen molar-refractivity contribution in [2.45, 2.75) is 46.5 Å². The van der Waals surface area contributed by atoms with Gasteiger partial charge in [-0.1, -0.05) is 38.5 Å². The molecule has 102 valence electrons.